The summed E-state index contributed by atoms with van der Waals surface area (Å²) < 4.78 is 0.861. The summed E-state index contributed by atoms with van der Waals surface area (Å²) in [5, 5.41) is 11.4. The van der Waals surface area contributed by atoms with Gasteiger partial charge in [0.15, 0.2) is 11.4 Å². The second-order valence-electron chi connectivity index (χ2n) is 7.81. The Bertz CT molecular complexity index is 1140. The molecule has 0 aromatic heterocycles. The predicted molar refractivity (Wildman–Crippen MR) is 121 cm³/mol. The molecular formula is C25H22BrNO3. The number of amides is 1. The van der Waals surface area contributed by atoms with Crippen LogP contribution in [0, 0.1) is 13.8 Å². The van der Waals surface area contributed by atoms with Gasteiger partial charge in [0, 0.05) is 15.6 Å². The molecule has 0 saturated heterocycles. The largest absolute Gasteiger partial charge is 0.375 e. The topological polar surface area (TPSA) is 57.6 Å². The van der Waals surface area contributed by atoms with E-state index in [1.54, 1.807) is 41.3 Å². The van der Waals surface area contributed by atoms with Crippen molar-refractivity contribution < 1.29 is 14.7 Å². The average molecular weight is 464 g/mol. The molecule has 1 heterocycles. The molecule has 0 aliphatic carbocycles. The lowest BCUT2D eigenvalue weighted by molar-refractivity contribution is -0.136. The molecule has 3 aromatic rings. The minimum Gasteiger partial charge on any atom is -0.375 e. The summed E-state index contributed by atoms with van der Waals surface area (Å²) in [5.74, 6) is -0.740. The Hall–Kier alpha value is -2.76. The number of carbonyl (C=O) groups excluding carboxylic acids is 2. The number of benzene rings is 3. The van der Waals surface area contributed by atoms with Crippen LogP contribution in [-0.4, -0.2) is 16.8 Å². The first kappa shape index (κ1) is 20.5. The molecule has 3 aromatic carbocycles. The fourth-order valence-electron chi connectivity index (χ4n) is 4.00. The van der Waals surface area contributed by atoms with Crippen LogP contribution in [0.15, 0.2) is 71.2 Å². The molecule has 1 aliphatic heterocycles. The number of hydrogen-bond donors (Lipinski definition) is 1. The number of carbonyl (C=O) groups is 2. The first-order chi connectivity index (χ1) is 14.3. The minimum absolute atomic E-state index is 0.276. The van der Waals surface area contributed by atoms with Gasteiger partial charge in [0.1, 0.15) is 0 Å². The van der Waals surface area contributed by atoms with Gasteiger partial charge in [0.2, 0.25) is 0 Å². The summed E-state index contributed by atoms with van der Waals surface area (Å²) in [4.78, 5) is 27.9. The average Bonchev–Trinajstić information content (AvgIpc) is 2.92. The first-order valence-electron chi connectivity index (χ1n) is 9.78. The molecular weight excluding hydrogens is 442 g/mol. The molecule has 5 heteroatoms. The van der Waals surface area contributed by atoms with Crippen molar-refractivity contribution in [2.75, 3.05) is 4.90 Å². The summed E-state index contributed by atoms with van der Waals surface area (Å²) in [6.45, 7) is 4.38. The zero-order valence-electron chi connectivity index (χ0n) is 16.9. The van der Waals surface area contributed by atoms with E-state index in [0.717, 1.165) is 21.2 Å². The molecule has 152 valence electrons. The van der Waals surface area contributed by atoms with Gasteiger partial charge in [0.05, 0.1) is 18.7 Å². The fraction of sp³-hybridized carbons (Fsp3) is 0.200. The Morgan fingerprint density at radius 3 is 2.43 bits per heavy atom. The molecule has 0 unspecified atom stereocenters. The van der Waals surface area contributed by atoms with E-state index < -0.39 is 11.5 Å². The van der Waals surface area contributed by atoms with Crippen molar-refractivity contribution in [3.05, 3.63) is 99.0 Å². The molecule has 1 amide bonds. The number of fused-ring (bicyclic) bond motifs is 1. The lowest BCUT2D eigenvalue weighted by Crippen LogP contribution is -2.41. The Morgan fingerprint density at radius 2 is 1.73 bits per heavy atom. The maximum atomic E-state index is 13.4. The fourth-order valence-corrected chi connectivity index (χ4v) is 4.26. The van der Waals surface area contributed by atoms with E-state index in [1.807, 2.05) is 38.1 Å². The van der Waals surface area contributed by atoms with Gasteiger partial charge < -0.3 is 10.0 Å². The second-order valence-corrected chi connectivity index (χ2v) is 8.72. The van der Waals surface area contributed by atoms with E-state index in [2.05, 4.69) is 22.0 Å². The Morgan fingerprint density at radius 1 is 1.03 bits per heavy atom. The highest BCUT2D eigenvalue weighted by atomic mass is 79.9. The van der Waals surface area contributed by atoms with E-state index in [-0.39, 0.29) is 12.2 Å². The molecule has 0 saturated carbocycles. The van der Waals surface area contributed by atoms with Crippen LogP contribution in [0.3, 0.4) is 0 Å². The molecule has 0 radical (unpaired) electrons. The normalized spacial score (nSPS) is 17.9. The Balaban J connectivity index is 1.68. The summed E-state index contributed by atoms with van der Waals surface area (Å²) >= 11 is 3.35. The summed E-state index contributed by atoms with van der Waals surface area (Å²) in [7, 11) is 0. The first-order valence-corrected chi connectivity index (χ1v) is 10.6. The maximum absolute atomic E-state index is 13.4. The number of halogens is 1. The van der Waals surface area contributed by atoms with Crippen molar-refractivity contribution in [2.45, 2.75) is 32.4 Å². The molecule has 30 heavy (non-hydrogen) atoms. The monoisotopic (exact) mass is 463 g/mol. The number of rotatable bonds is 5. The number of hydrogen-bond acceptors (Lipinski definition) is 3. The summed E-state index contributed by atoms with van der Waals surface area (Å²) in [6, 6.07) is 20.2. The highest BCUT2D eigenvalue weighted by molar-refractivity contribution is 9.10. The standard InChI is InChI=1S/C25H22BrNO3/c1-16-7-8-19(17(2)13-16)15-27-22-6-4-3-5-21(22)25(30,24(27)29)14-23(28)18-9-11-20(26)12-10-18/h3-13,30H,14-15H2,1-2H3/t25-/m0/s1. The van der Waals surface area contributed by atoms with Crippen LogP contribution in [0.1, 0.15) is 39.0 Å². The number of nitrogens with zero attached hydrogens (tertiary/aromatic N) is 1. The smallest absolute Gasteiger partial charge is 0.264 e. The van der Waals surface area contributed by atoms with Crippen LogP contribution in [-0.2, 0) is 16.9 Å². The zero-order chi connectivity index (χ0) is 21.5. The molecule has 1 aliphatic rings. The molecule has 4 rings (SSSR count). The third kappa shape index (κ3) is 3.59. The Kier molecular flexibility index (Phi) is 5.35. The van der Waals surface area contributed by atoms with Gasteiger partial charge in [-0.1, -0.05) is 70.0 Å². The van der Waals surface area contributed by atoms with E-state index >= 15 is 0 Å². The lowest BCUT2D eigenvalue weighted by atomic mass is 9.88. The van der Waals surface area contributed by atoms with Crippen LogP contribution in [0.25, 0.3) is 0 Å². The van der Waals surface area contributed by atoms with Gasteiger partial charge in [-0.05, 0) is 43.2 Å². The minimum atomic E-state index is -1.88. The number of para-hydroxylation sites is 1. The maximum Gasteiger partial charge on any atom is 0.264 e. The lowest BCUT2D eigenvalue weighted by Gasteiger charge is -2.23. The van der Waals surface area contributed by atoms with E-state index in [0.29, 0.717) is 23.4 Å². The third-order valence-corrected chi connectivity index (χ3v) is 6.18. The molecule has 0 spiro atoms. The summed E-state index contributed by atoms with van der Waals surface area (Å²) in [6.07, 6.45) is -0.298. The summed E-state index contributed by atoms with van der Waals surface area (Å²) in [5.41, 5.74) is 2.96. The SMILES string of the molecule is Cc1ccc(CN2C(=O)[C@](O)(CC(=O)c3ccc(Br)cc3)c3ccccc32)c(C)c1. The van der Waals surface area contributed by atoms with Crippen LogP contribution >= 0.6 is 15.9 Å². The van der Waals surface area contributed by atoms with Crippen molar-refractivity contribution in [3.63, 3.8) is 0 Å². The van der Waals surface area contributed by atoms with Crippen molar-refractivity contribution in [2.24, 2.45) is 0 Å². The van der Waals surface area contributed by atoms with E-state index in [4.69, 9.17) is 0 Å². The van der Waals surface area contributed by atoms with Gasteiger partial charge in [-0.15, -0.1) is 0 Å². The van der Waals surface area contributed by atoms with Crippen molar-refractivity contribution in [1.82, 2.24) is 0 Å². The molecule has 1 atom stereocenters. The number of Topliss-reactive ketones (excluding diaryl/α,β-unsaturated/α-hetero) is 1. The molecule has 1 N–H and O–H groups in total. The van der Waals surface area contributed by atoms with Crippen molar-refractivity contribution in [1.29, 1.82) is 0 Å². The van der Waals surface area contributed by atoms with Crippen LogP contribution in [0.4, 0.5) is 5.69 Å². The molecule has 0 bridgehead atoms. The Labute approximate surface area is 184 Å². The van der Waals surface area contributed by atoms with E-state index in [9.17, 15) is 14.7 Å². The number of aliphatic hydroxyl groups is 1. The number of anilines is 1. The quantitative estimate of drug-likeness (QED) is 0.537. The number of ketones is 1. The molecule has 0 fully saturated rings. The zero-order valence-corrected chi connectivity index (χ0v) is 18.4. The van der Waals surface area contributed by atoms with Gasteiger partial charge in [-0.3, -0.25) is 9.59 Å². The number of aryl methyl sites for hydroxylation is 2. The predicted octanol–water partition coefficient (Wildman–Crippen LogP) is 5.07. The van der Waals surface area contributed by atoms with Crippen molar-refractivity contribution >= 4 is 33.3 Å². The van der Waals surface area contributed by atoms with Crippen LogP contribution < -0.4 is 4.90 Å². The second kappa shape index (κ2) is 7.82. The van der Waals surface area contributed by atoms with Gasteiger partial charge in [-0.2, -0.15) is 0 Å². The third-order valence-electron chi connectivity index (χ3n) is 5.65. The van der Waals surface area contributed by atoms with Gasteiger partial charge in [0.25, 0.3) is 5.91 Å². The highest BCUT2D eigenvalue weighted by Gasteiger charge is 2.50. The van der Waals surface area contributed by atoms with Crippen molar-refractivity contribution in [3.8, 4) is 0 Å². The van der Waals surface area contributed by atoms with Crippen LogP contribution in [0.2, 0.25) is 0 Å². The van der Waals surface area contributed by atoms with Gasteiger partial charge in [-0.25, -0.2) is 0 Å². The highest BCUT2D eigenvalue weighted by Crippen LogP contribution is 2.43. The molecule has 4 nitrogen and oxygen atoms in total. The van der Waals surface area contributed by atoms with Gasteiger partial charge >= 0.3 is 0 Å². The van der Waals surface area contributed by atoms with Crippen LogP contribution in [0.5, 0.6) is 0 Å². The van der Waals surface area contributed by atoms with E-state index in [1.165, 1.54) is 0 Å².